The maximum atomic E-state index is 12.9. The zero-order chi connectivity index (χ0) is 16.5. The summed E-state index contributed by atoms with van der Waals surface area (Å²) < 4.78 is 0. The summed E-state index contributed by atoms with van der Waals surface area (Å²) in [5.41, 5.74) is 5.87. The first-order valence-electron chi connectivity index (χ1n) is 8.89. The topological polar surface area (TPSA) is 46.1 Å². The zero-order valence-corrected chi connectivity index (χ0v) is 14.2. The van der Waals surface area contributed by atoms with Crippen molar-refractivity contribution >= 4 is 5.91 Å². The van der Waals surface area contributed by atoms with Crippen molar-refractivity contribution in [3.8, 4) is 0 Å². The summed E-state index contributed by atoms with van der Waals surface area (Å²) in [6.07, 6.45) is 9.65. The largest absolute Gasteiger partial charge is 0.334 e. The molecule has 0 saturated carbocycles. The zero-order valence-electron chi connectivity index (χ0n) is 14.2. The summed E-state index contributed by atoms with van der Waals surface area (Å²) in [4.78, 5) is 23.7. The van der Waals surface area contributed by atoms with E-state index in [-0.39, 0.29) is 11.9 Å². The third-order valence-electron chi connectivity index (χ3n) is 5.21. The van der Waals surface area contributed by atoms with Gasteiger partial charge in [-0.2, -0.15) is 0 Å². The second-order valence-electron chi connectivity index (χ2n) is 6.96. The molecule has 0 unspecified atom stereocenters. The van der Waals surface area contributed by atoms with Crippen LogP contribution in [0, 0.1) is 6.92 Å². The molecule has 1 aliphatic heterocycles. The lowest BCUT2D eigenvalue weighted by Gasteiger charge is -2.24. The molecule has 2 aliphatic rings. The second kappa shape index (κ2) is 6.34. The van der Waals surface area contributed by atoms with E-state index in [9.17, 15) is 4.79 Å². The Labute approximate surface area is 142 Å². The number of hydrogen-bond donors (Lipinski definition) is 0. The third-order valence-corrected chi connectivity index (χ3v) is 5.21. The first-order valence-corrected chi connectivity index (χ1v) is 8.89. The van der Waals surface area contributed by atoms with Crippen LogP contribution < -0.4 is 0 Å². The van der Waals surface area contributed by atoms with Gasteiger partial charge in [0.1, 0.15) is 0 Å². The summed E-state index contributed by atoms with van der Waals surface area (Å²) in [5, 5.41) is 0. The van der Waals surface area contributed by atoms with E-state index >= 15 is 0 Å². The van der Waals surface area contributed by atoms with E-state index in [0.717, 1.165) is 42.8 Å². The number of fused-ring (bicyclic) bond motifs is 1. The molecule has 1 fully saturated rings. The van der Waals surface area contributed by atoms with Gasteiger partial charge in [0.05, 0.1) is 30.0 Å². The predicted molar refractivity (Wildman–Crippen MR) is 92.6 cm³/mol. The summed E-state index contributed by atoms with van der Waals surface area (Å²) in [6, 6.07) is 6.65. The van der Waals surface area contributed by atoms with Crippen molar-refractivity contribution in [2.45, 2.75) is 51.5 Å². The summed E-state index contributed by atoms with van der Waals surface area (Å²) in [7, 11) is 0. The molecule has 24 heavy (non-hydrogen) atoms. The van der Waals surface area contributed by atoms with Gasteiger partial charge in [0.2, 0.25) is 5.91 Å². The Morgan fingerprint density at radius 2 is 2.08 bits per heavy atom. The Kier molecular flexibility index (Phi) is 4.05. The molecule has 2 aromatic rings. The molecule has 1 aliphatic carbocycles. The summed E-state index contributed by atoms with van der Waals surface area (Å²) in [6.45, 7) is 2.77. The van der Waals surface area contributed by atoms with Crippen LogP contribution in [0.15, 0.2) is 30.6 Å². The molecule has 0 N–H and O–H groups in total. The molecule has 1 amide bonds. The first kappa shape index (κ1) is 15.3. The Morgan fingerprint density at radius 3 is 2.96 bits per heavy atom. The molecule has 0 bridgehead atoms. The first-order chi connectivity index (χ1) is 11.7. The Hall–Kier alpha value is -2.23. The van der Waals surface area contributed by atoms with Crippen LogP contribution >= 0.6 is 0 Å². The number of aromatic nitrogens is 2. The molecule has 124 valence electrons. The van der Waals surface area contributed by atoms with Crippen molar-refractivity contribution in [2.24, 2.45) is 0 Å². The maximum absolute atomic E-state index is 12.9. The monoisotopic (exact) mass is 321 g/mol. The number of nitrogens with zero attached hydrogens (tertiary/aromatic N) is 3. The normalized spacial score (nSPS) is 19.5. The maximum Gasteiger partial charge on any atom is 0.227 e. The molecule has 4 rings (SSSR count). The molecule has 1 aromatic heterocycles. The molecule has 2 heterocycles. The molecule has 4 nitrogen and oxygen atoms in total. The van der Waals surface area contributed by atoms with Crippen molar-refractivity contribution in [2.75, 3.05) is 6.54 Å². The highest BCUT2D eigenvalue weighted by Gasteiger charge is 2.31. The minimum absolute atomic E-state index is 0.0827. The van der Waals surface area contributed by atoms with E-state index in [2.05, 4.69) is 28.2 Å². The van der Waals surface area contributed by atoms with E-state index in [0.29, 0.717) is 6.42 Å². The fraction of sp³-hybridized carbons (Fsp3) is 0.450. The number of carbonyl (C=O) groups is 1. The number of aryl methyl sites for hydroxylation is 3. The molecule has 0 radical (unpaired) electrons. The lowest BCUT2D eigenvalue weighted by molar-refractivity contribution is -0.131. The van der Waals surface area contributed by atoms with Gasteiger partial charge in [-0.1, -0.05) is 18.2 Å². The van der Waals surface area contributed by atoms with Crippen molar-refractivity contribution in [3.63, 3.8) is 0 Å². The average Bonchev–Trinajstić information content (AvgIpc) is 3.23. The van der Waals surface area contributed by atoms with E-state index in [1.807, 2.05) is 11.8 Å². The third kappa shape index (κ3) is 2.93. The van der Waals surface area contributed by atoms with Crippen molar-refractivity contribution in [3.05, 3.63) is 58.7 Å². The molecule has 1 saturated heterocycles. The summed E-state index contributed by atoms with van der Waals surface area (Å²) >= 11 is 0. The fourth-order valence-electron chi connectivity index (χ4n) is 4.03. The molecule has 4 heteroatoms. The van der Waals surface area contributed by atoms with Gasteiger partial charge in [0.15, 0.2) is 0 Å². The molecule has 1 aromatic carbocycles. The minimum Gasteiger partial charge on any atom is -0.334 e. The van der Waals surface area contributed by atoms with Crippen molar-refractivity contribution < 1.29 is 4.79 Å². The number of likely N-dealkylation sites (tertiary alicyclic amines) is 1. The van der Waals surface area contributed by atoms with E-state index in [1.165, 1.54) is 24.0 Å². The Morgan fingerprint density at radius 1 is 1.21 bits per heavy atom. The van der Waals surface area contributed by atoms with Crippen LogP contribution in [0.4, 0.5) is 0 Å². The van der Waals surface area contributed by atoms with Crippen LogP contribution in [0.25, 0.3) is 0 Å². The van der Waals surface area contributed by atoms with Gasteiger partial charge < -0.3 is 4.90 Å². The highest BCUT2D eigenvalue weighted by Crippen LogP contribution is 2.31. The van der Waals surface area contributed by atoms with Crippen LogP contribution in [0.5, 0.6) is 0 Å². The van der Waals surface area contributed by atoms with Crippen LogP contribution in [0.2, 0.25) is 0 Å². The smallest absolute Gasteiger partial charge is 0.227 e. The number of hydrogen-bond acceptors (Lipinski definition) is 3. The van der Waals surface area contributed by atoms with E-state index in [1.54, 1.807) is 12.4 Å². The standard InChI is InChI=1S/C20H23N3O/c1-14-12-21-13-18(22-14)19-6-3-9-23(19)20(24)11-15-7-8-16-4-2-5-17(16)10-15/h7-8,10,12-13,19H,2-6,9,11H2,1H3/t19-/m0/s1. The van der Waals surface area contributed by atoms with Gasteiger partial charge in [-0.25, -0.2) is 0 Å². The highest BCUT2D eigenvalue weighted by molar-refractivity contribution is 5.79. The van der Waals surface area contributed by atoms with Crippen molar-refractivity contribution in [1.29, 1.82) is 0 Å². The molecular formula is C20H23N3O. The van der Waals surface area contributed by atoms with E-state index in [4.69, 9.17) is 0 Å². The fourth-order valence-corrected chi connectivity index (χ4v) is 4.03. The van der Waals surface area contributed by atoms with Gasteiger partial charge in [0, 0.05) is 12.7 Å². The van der Waals surface area contributed by atoms with Gasteiger partial charge in [-0.3, -0.25) is 14.8 Å². The SMILES string of the molecule is Cc1cncc([C@@H]2CCCN2C(=O)Cc2ccc3c(c2)CCC3)n1. The molecule has 0 spiro atoms. The lowest BCUT2D eigenvalue weighted by Crippen LogP contribution is -2.32. The highest BCUT2D eigenvalue weighted by atomic mass is 16.2. The lowest BCUT2D eigenvalue weighted by atomic mass is 10.0. The number of amides is 1. The summed E-state index contributed by atoms with van der Waals surface area (Å²) in [5.74, 6) is 0.207. The predicted octanol–water partition coefficient (Wildman–Crippen LogP) is 3.18. The van der Waals surface area contributed by atoms with E-state index < -0.39 is 0 Å². The number of carbonyl (C=O) groups excluding carboxylic acids is 1. The number of rotatable bonds is 3. The molecule has 1 atom stereocenters. The van der Waals surface area contributed by atoms with Gasteiger partial charge >= 0.3 is 0 Å². The van der Waals surface area contributed by atoms with Gasteiger partial charge in [-0.05, 0) is 55.7 Å². The second-order valence-corrected chi connectivity index (χ2v) is 6.96. The van der Waals surface area contributed by atoms with Crippen LogP contribution in [0.3, 0.4) is 0 Å². The quantitative estimate of drug-likeness (QED) is 0.872. The number of benzene rings is 1. The molecular weight excluding hydrogens is 298 g/mol. The van der Waals surface area contributed by atoms with Crippen LogP contribution in [-0.4, -0.2) is 27.3 Å². The van der Waals surface area contributed by atoms with Gasteiger partial charge in [-0.15, -0.1) is 0 Å². The van der Waals surface area contributed by atoms with Crippen LogP contribution in [-0.2, 0) is 24.1 Å². The van der Waals surface area contributed by atoms with Gasteiger partial charge in [0.25, 0.3) is 0 Å². The Bertz CT molecular complexity index is 771. The minimum atomic E-state index is 0.0827. The van der Waals surface area contributed by atoms with Crippen molar-refractivity contribution in [1.82, 2.24) is 14.9 Å². The van der Waals surface area contributed by atoms with Crippen LogP contribution in [0.1, 0.15) is 53.4 Å². The average molecular weight is 321 g/mol. The Balaban J connectivity index is 1.51.